The number of hydrogen-bond donors (Lipinski definition) is 0. The molecular formula is C14H23ClSi. The molecule has 2 heteroatoms. The zero-order valence-corrected chi connectivity index (χ0v) is 12.7. The van der Waals surface area contributed by atoms with E-state index in [0.717, 1.165) is 0 Å². The zero-order valence-electron chi connectivity index (χ0n) is 11.0. The lowest BCUT2D eigenvalue weighted by Gasteiger charge is -2.33. The predicted octanol–water partition coefficient (Wildman–Crippen LogP) is 5.20. The highest BCUT2D eigenvalue weighted by Crippen LogP contribution is 2.48. The van der Waals surface area contributed by atoms with Crippen molar-refractivity contribution in [3.63, 3.8) is 0 Å². The van der Waals surface area contributed by atoms with E-state index in [0.29, 0.717) is 5.92 Å². The lowest BCUT2D eigenvalue weighted by Crippen LogP contribution is -2.35. The van der Waals surface area contributed by atoms with Crippen LogP contribution in [0.1, 0.15) is 47.0 Å². The van der Waals surface area contributed by atoms with Crippen LogP contribution in [0.25, 0.3) is 0 Å². The van der Waals surface area contributed by atoms with Gasteiger partial charge in [0.1, 0.15) is 0 Å². The molecule has 0 radical (unpaired) electrons. The lowest BCUT2D eigenvalue weighted by atomic mass is 10.1. The van der Waals surface area contributed by atoms with Crippen molar-refractivity contribution in [2.45, 2.75) is 59.0 Å². The smallest absolute Gasteiger partial charge is 0.161 e. The third-order valence-electron chi connectivity index (χ3n) is 4.77. The lowest BCUT2D eigenvalue weighted by molar-refractivity contribution is 0.712. The van der Waals surface area contributed by atoms with Crippen LogP contribution in [0.5, 0.6) is 0 Å². The van der Waals surface area contributed by atoms with E-state index in [2.05, 4.69) is 27.7 Å². The van der Waals surface area contributed by atoms with Crippen LogP contribution >= 0.6 is 11.1 Å². The Labute approximate surface area is 105 Å². The zero-order chi connectivity index (χ0) is 11.9. The number of halogens is 1. The summed E-state index contributed by atoms with van der Waals surface area (Å²) in [5.41, 5.74) is 4.61. The Bertz CT molecular complexity index is 359. The molecule has 1 fully saturated rings. The molecule has 1 aliphatic heterocycles. The molecule has 0 spiro atoms. The number of hydrogen-bond acceptors (Lipinski definition) is 0. The molecular weight excluding hydrogens is 232 g/mol. The van der Waals surface area contributed by atoms with E-state index in [9.17, 15) is 0 Å². The van der Waals surface area contributed by atoms with Crippen LogP contribution < -0.4 is 0 Å². The first-order valence-electron chi connectivity index (χ1n) is 6.55. The van der Waals surface area contributed by atoms with Crippen molar-refractivity contribution >= 4 is 18.5 Å². The Kier molecular flexibility index (Phi) is 3.38. The van der Waals surface area contributed by atoms with E-state index in [-0.39, 0.29) is 0 Å². The SMILES string of the molecule is CC1=C(C)C(C)C([Si]2(Cl)CCCCC2)=C1C. The minimum Gasteiger partial charge on any atom is -0.161 e. The van der Waals surface area contributed by atoms with E-state index >= 15 is 0 Å². The van der Waals surface area contributed by atoms with Gasteiger partial charge in [-0.25, -0.2) is 0 Å². The Morgan fingerprint density at radius 2 is 1.56 bits per heavy atom. The molecule has 1 aliphatic carbocycles. The first-order valence-corrected chi connectivity index (χ1v) is 9.98. The molecule has 0 saturated carbocycles. The summed E-state index contributed by atoms with van der Waals surface area (Å²) in [6, 6.07) is 2.62. The molecule has 1 atom stereocenters. The second-order valence-corrected chi connectivity index (χ2v) is 11.2. The quantitative estimate of drug-likeness (QED) is 0.446. The van der Waals surface area contributed by atoms with E-state index in [1.54, 1.807) is 10.8 Å². The normalized spacial score (nSPS) is 30.2. The second-order valence-electron chi connectivity index (χ2n) is 5.59. The van der Waals surface area contributed by atoms with E-state index in [1.165, 1.54) is 42.5 Å². The topological polar surface area (TPSA) is 0 Å². The molecule has 0 aromatic carbocycles. The van der Waals surface area contributed by atoms with Gasteiger partial charge in [-0.3, -0.25) is 0 Å². The maximum Gasteiger partial charge on any atom is 0.183 e. The minimum absolute atomic E-state index is 0.627. The van der Waals surface area contributed by atoms with Gasteiger partial charge in [0.2, 0.25) is 0 Å². The van der Waals surface area contributed by atoms with E-state index in [1.807, 2.05) is 0 Å². The Morgan fingerprint density at radius 3 is 2.00 bits per heavy atom. The first-order chi connectivity index (χ1) is 7.47. The van der Waals surface area contributed by atoms with Gasteiger partial charge in [-0.2, -0.15) is 11.1 Å². The Balaban J connectivity index is 2.35. The van der Waals surface area contributed by atoms with Crippen molar-refractivity contribution in [2.24, 2.45) is 5.92 Å². The largest absolute Gasteiger partial charge is 0.183 e. The molecule has 90 valence electrons. The molecule has 0 bridgehead atoms. The average Bonchev–Trinajstić information content (AvgIpc) is 2.45. The summed E-state index contributed by atoms with van der Waals surface area (Å²) in [5, 5.41) is 1.67. The first kappa shape index (κ1) is 12.4. The molecule has 2 rings (SSSR count). The standard InChI is InChI=1S/C14H23ClSi/c1-10-11(2)13(4)14(12(10)3)16(15)8-6-5-7-9-16/h12H,5-9H2,1-4H3. The van der Waals surface area contributed by atoms with Crippen LogP contribution in [-0.4, -0.2) is 7.38 Å². The summed E-state index contributed by atoms with van der Waals surface area (Å²) in [4.78, 5) is 0. The third-order valence-corrected chi connectivity index (χ3v) is 10.6. The van der Waals surface area contributed by atoms with Gasteiger partial charge in [0.05, 0.1) is 0 Å². The van der Waals surface area contributed by atoms with Gasteiger partial charge in [0.15, 0.2) is 7.38 Å². The maximum absolute atomic E-state index is 7.06. The van der Waals surface area contributed by atoms with Crippen LogP contribution in [0.15, 0.2) is 21.9 Å². The van der Waals surface area contributed by atoms with Crippen molar-refractivity contribution in [2.75, 3.05) is 0 Å². The van der Waals surface area contributed by atoms with Gasteiger partial charge in [-0.15, -0.1) is 0 Å². The molecule has 1 heterocycles. The Hall–Kier alpha value is -0.0131. The summed E-state index contributed by atoms with van der Waals surface area (Å²) < 4.78 is 0. The van der Waals surface area contributed by atoms with E-state index < -0.39 is 7.38 Å². The van der Waals surface area contributed by atoms with Crippen molar-refractivity contribution in [3.8, 4) is 0 Å². The number of rotatable bonds is 1. The summed E-state index contributed by atoms with van der Waals surface area (Å²) in [5.74, 6) is 0.627. The molecule has 0 nitrogen and oxygen atoms in total. The third kappa shape index (κ3) is 1.82. The molecule has 0 aromatic heterocycles. The van der Waals surface area contributed by atoms with Crippen LogP contribution in [0.3, 0.4) is 0 Å². The predicted molar refractivity (Wildman–Crippen MR) is 75.3 cm³/mol. The second kappa shape index (κ2) is 4.34. The minimum atomic E-state index is -1.60. The van der Waals surface area contributed by atoms with Gasteiger partial charge in [0.25, 0.3) is 0 Å². The maximum atomic E-state index is 7.06. The average molecular weight is 255 g/mol. The van der Waals surface area contributed by atoms with Crippen LogP contribution in [0.4, 0.5) is 0 Å². The summed E-state index contributed by atoms with van der Waals surface area (Å²) in [7, 11) is -1.60. The molecule has 16 heavy (non-hydrogen) atoms. The van der Waals surface area contributed by atoms with E-state index in [4.69, 9.17) is 11.1 Å². The fraction of sp³-hybridized carbons (Fsp3) is 0.714. The Morgan fingerprint density at radius 1 is 1.00 bits per heavy atom. The van der Waals surface area contributed by atoms with Crippen molar-refractivity contribution in [3.05, 3.63) is 21.9 Å². The van der Waals surface area contributed by atoms with Gasteiger partial charge >= 0.3 is 0 Å². The van der Waals surface area contributed by atoms with Crippen molar-refractivity contribution in [1.29, 1.82) is 0 Å². The molecule has 0 N–H and O–H groups in total. The summed E-state index contributed by atoms with van der Waals surface area (Å²) in [6.45, 7) is 9.21. The summed E-state index contributed by atoms with van der Waals surface area (Å²) in [6.07, 6.45) is 4.11. The van der Waals surface area contributed by atoms with Crippen LogP contribution in [0.2, 0.25) is 12.1 Å². The highest BCUT2D eigenvalue weighted by molar-refractivity contribution is 7.24. The van der Waals surface area contributed by atoms with Gasteiger partial charge in [-0.05, 0) is 44.4 Å². The monoisotopic (exact) mass is 254 g/mol. The molecule has 0 amide bonds. The van der Waals surface area contributed by atoms with Crippen molar-refractivity contribution < 1.29 is 0 Å². The number of allylic oxidation sites excluding steroid dienone is 4. The van der Waals surface area contributed by atoms with Crippen molar-refractivity contribution in [1.82, 2.24) is 0 Å². The van der Waals surface area contributed by atoms with Gasteiger partial charge < -0.3 is 0 Å². The fourth-order valence-corrected chi connectivity index (χ4v) is 9.45. The molecule has 1 unspecified atom stereocenters. The van der Waals surface area contributed by atoms with Gasteiger partial charge in [0, 0.05) is 0 Å². The van der Waals surface area contributed by atoms with Gasteiger partial charge in [-0.1, -0.05) is 42.5 Å². The molecule has 2 aliphatic rings. The van der Waals surface area contributed by atoms with Crippen LogP contribution in [0, 0.1) is 5.92 Å². The highest BCUT2D eigenvalue weighted by Gasteiger charge is 2.42. The molecule has 1 saturated heterocycles. The fourth-order valence-electron chi connectivity index (χ4n) is 3.47. The molecule has 0 aromatic rings. The highest BCUT2D eigenvalue weighted by atomic mass is 35.6. The summed E-state index contributed by atoms with van der Waals surface area (Å²) >= 11 is 7.06. The van der Waals surface area contributed by atoms with Crippen LogP contribution in [-0.2, 0) is 0 Å².